The summed E-state index contributed by atoms with van der Waals surface area (Å²) in [4.78, 5) is 15.4. The molecule has 0 saturated carbocycles. The van der Waals surface area contributed by atoms with Gasteiger partial charge in [-0.15, -0.1) is 0 Å². The number of benzene rings is 1. The molecular weight excluding hydrogens is 254 g/mol. The number of Topliss-reactive ketones (excluding diaryl/α,β-unsaturated/α-hetero) is 1. The normalized spacial score (nSPS) is 10.8. The van der Waals surface area contributed by atoms with Crippen LogP contribution in [0.5, 0.6) is 5.75 Å². The van der Waals surface area contributed by atoms with E-state index in [4.69, 9.17) is 9.15 Å². The Morgan fingerprint density at radius 3 is 3.00 bits per heavy atom. The van der Waals surface area contributed by atoms with E-state index in [9.17, 15) is 4.79 Å². The number of carbonyl (C=O) groups excluding carboxylic acids is 1. The van der Waals surface area contributed by atoms with E-state index in [1.165, 1.54) is 0 Å². The van der Waals surface area contributed by atoms with Crippen molar-refractivity contribution < 1.29 is 13.9 Å². The van der Waals surface area contributed by atoms with Crippen LogP contribution in [0.2, 0.25) is 0 Å². The summed E-state index contributed by atoms with van der Waals surface area (Å²) in [6.45, 7) is 0. The van der Waals surface area contributed by atoms with E-state index in [-0.39, 0.29) is 5.78 Å². The zero-order valence-electron chi connectivity index (χ0n) is 11.2. The fourth-order valence-corrected chi connectivity index (χ4v) is 2.28. The van der Waals surface area contributed by atoms with Gasteiger partial charge in [-0.3, -0.25) is 4.79 Å². The van der Waals surface area contributed by atoms with Gasteiger partial charge in [0, 0.05) is 35.5 Å². The molecule has 0 amide bonds. The van der Waals surface area contributed by atoms with Gasteiger partial charge in [-0.1, -0.05) is 0 Å². The molecule has 1 N–H and O–H groups in total. The molecule has 0 fully saturated rings. The molecule has 0 aliphatic carbocycles. The van der Waals surface area contributed by atoms with Crippen molar-refractivity contribution in [1.82, 2.24) is 4.98 Å². The molecular formula is C16H15NO3. The molecule has 2 heterocycles. The van der Waals surface area contributed by atoms with E-state index in [0.29, 0.717) is 18.4 Å². The average Bonchev–Trinajstić information content (AvgIpc) is 3.13. The van der Waals surface area contributed by atoms with Crippen LogP contribution in [0.15, 0.2) is 47.2 Å². The molecule has 0 saturated heterocycles. The van der Waals surface area contributed by atoms with E-state index >= 15 is 0 Å². The summed E-state index contributed by atoms with van der Waals surface area (Å²) in [6, 6.07) is 9.38. The third kappa shape index (κ3) is 2.32. The lowest BCUT2D eigenvalue weighted by Crippen LogP contribution is -1.99. The molecule has 1 aromatic carbocycles. The van der Waals surface area contributed by atoms with Gasteiger partial charge in [0.1, 0.15) is 11.5 Å². The number of aromatic nitrogens is 1. The number of carbonyl (C=O) groups is 1. The van der Waals surface area contributed by atoms with E-state index in [2.05, 4.69) is 4.98 Å². The summed E-state index contributed by atoms with van der Waals surface area (Å²) in [5.74, 6) is 1.67. The molecule has 102 valence electrons. The van der Waals surface area contributed by atoms with Crippen molar-refractivity contribution in [3.05, 3.63) is 54.1 Å². The fraction of sp³-hybridized carbons (Fsp3) is 0.188. The highest BCUT2D eigenvalue weighted by atomic mass is 16.5. The van der Waals surface area contributed by atoms with E-state index in [0.717, 1.165) is 22.4 Å². The second kappa shape index (κ2) is 5.25. The molecule has 20 heavy (non-hydrogen) atoms. The molecule has 3 rings (SSSR count). The number of aromatic amines is 1. The van der Waals surface area contributed by atoms with E-state index in [1.807, 2.05) is 30.3 Å². The maximum atomic E-state index is 12.3. The highest BCUT2D eigenvalue weighted by molar-refractivity contribution is 6.08. The number of nitrogens with one attached hydrogen (secondary N) is 1. The average molecular weight is 269 g/mol. The number of methoxy groups -OCH3 is 1. The number of aryl methyl sites for hydroxylation is 1. The molecule has 0 bridgehead atoms. The van der Waals surface area contributed by atoms with Crippen molar-refractivity contribution >= 4 is 16.7 Å². The van der Waals surface area contributed by atoms with Crippen LogP contribution in [-0.4, -0.2) is 17.9 Å². The van der Waals surface area contributed by atoms with Crippen molar-refractivity contribution in [2.45, 2.75) is 12.8 Å². The molecule has 0 atom stereocenters. The molecule has 2 aromatic heterocycles. The predicted octanol–water partition coefficient (Wildman–Crippen LogP) is 3.59. The fourth-order valence-electron chi connectivity index (χ4n) is 2.28. The highest BCUT2D eigenvalue weighted by Gasteiger charge is 2.13. The second-order valence-corrected chi connectivity index (χ2v) is 4.62. The van der Waals surface area contributed by atoms with Crippen LogP contribution in [0.4, 0.5) is 0 Å². The van der Waals surface area contributed by atoms with Gasteiger partial charge >= 0.3 is 0 Å². The third-order valence-electron chi connectivity index (χ3n) is 3.37. The van der Waals surface area contributed by atoms with Crippen molar-refractivity contribution in [2.75, 3.05) is 7.11 Å². The number of ketones is 1. The quantitative estimate of drug-likeness (QED) is 0.720. The van der Waals surface area contributed by atoms with Gasteiger partial charge in [-0.2, -0.15) is 0 Å². The summed E-state index contributed by atoms with van der Waals surface area (Å²) in [5.41, 5.74) is 1.64. The Bertz CT molecular complexity index is 725. The van der Waals surface area contributed by atoms with Crippen LogP contribution >= 0.6 is 0 Å². The van der Waals surface area contributed by atoms with Gasteiger partial charge in [-0.05, 0) is 30.3 Å². The molecule has 4 heteroatoms. The van der Waals surface area contributed by atoms with E-state index < -0.39 is 0 Å². The topological polar surface area (TPSA) is 55.2 Å². The van der Waals surface area contributed by atoms with Gasteiger partial charge in [0.05, 0.1) is 13.4 Å². The number of hydrogen-bond acceptors (Lipinski definition) is 3. The molecule has 0 radical (unpaired) electrons. The smallest absolute Gasteiger partial charge is 0.165 e. The number of fused-ring (bicyclic) bond motifs is 1. The standard InChI is InChI=1S/C16H15NO3/c1-19-12-4-6-15-13(9-12)14(10-17-15)16(18)7-5-11-3-2-8-20-11/h2-4,6,8-10,17H,5,7H2,1H3. The second-order valence-electron chi connectivity index (χ2n) is 4.62. The predicted molar refractivity (Wildman–Crippen MR) is 76.2 cm³/mol. The van der Waals surface area contributed by atoms with Crippen LogP contribution in [0.25, 0.3) is 10.9 Å². The largest absolute Gasteiger partial charge is 0.497 e. The Balaban J connectivity index is 1.83. The zero-order chi connectivity index (χ0) is 13.9. The van der Waals surface area contributed by atoms with Gasteiger partial charge in [0.25, 0.3) is 0 Å². The lowest BCUT2D eigenvalue weighted by molar-refractivity contribution is 0.0982. The minimum absolute atomic E-state index is 0.0981. The van der Waals surface area contributed by atoms with Gasteiger partial charge in [0.15, 0.2) is 5.78 Å². The first kappa shape index (κ1) is 12.5. The SMILES string of the molecule is COc1ccc2[nH]cc(C(=O)CCc3ccco3)c2c1. The molecule has 3 aromatic rings. The maximum absolute atomic E-state index is 12.3. The first-order valence-electron chi connectivity index (χ1n) is 6.48. The Hall–Kier alpha value is -2.49. The third-order valence-corrected chi connectivity index (χ3v) is 3.37. The lowest BCUT2D eigenvalue weighted by atomic mass is 10.0. The first-order chi connectivity index (χ1) is 9.78. The summed E-state index contributed by atoms with van der Waals surface area (Å²) in [6.07, 6.45) is 4.42. The number of ether oxygens (including phenoxy) is 1. The number of furan rings is 1. The minimum Gasteiger partial charge on any atom is -0.497 e. The Labute approximate surface area is 116 Å². The molecule has 0 unspecified atom stereocenters. The van der Waals surface area contributed by atoms with E-state index in [1.54, 1.807) is 19.6 Å². The van der Waals surface area contributed by atoms with Crippen molar-refractivity contribution in [3.63, 3.8) is 0 Å². The Kier molecular flexibility index (Phi) is 3.29. The number of rotatable bonds is 5. The molecule has 0 aliphatic rings. The van der Waals surface area contributed by atoms with Crippen LogP contribution in [-0.2, 0) is 6.42 Å². The summed E-state index contributed by atoms with van der Waals surface area (Å²) >= 11 is 0. The van der Waals surface area contributed by atoms with Crippen molar-refractivity contribution in [2.24, 2.45) is 0 Å². The van der Waals surface area contributed by atoms with Gasteiger partial charge in [0.2, 0.25) is 0 Å². The summed E-state index contributed by atoms with van der Waals surface area (Å²) in [5, 5.41) is 0.897. The minimum atomic E-state index is 0.0981. The maximum Gasteiger partial charge on any atom is 0.165 e. The Morgan fingerprint density at radius 1 is 1.35 bits per heavy atom. The monoisotopic (exact) mass is 269 g/mol. The lowest BCUT2D eigenvalue weighted by Gasteiger charge is -2.01. The molecule has 0 spiro atoms. The highest BCUT2D eigenvalue weighted by Crippen LogP contribution is 2.24. The van der Waals surface area contributed by atoms with Crippen LogP contribution < -0.4 is 4.74 Å². The van der Waals surface area contributed by atoms with Crippen LogP contribution in [0, 0.1) is 0 Å². The van der Waals surface area contributed by atoms with Gasteiger partial charge < -0.3 is 14.1 Å². The molecule has 4 nitrogen and oxygen atoms in total. The number of hydrogen-bond donors (Lipinski definition) is 1. The number of H-pyrrole nitrogens is 1. The zero-order valence-corrected chi connectivity index (χ0v) is 11.2. The van der Waals surface area contributed by atoms with Crippen LogP contribution in [0.3, 0.4) is 0 Å². The summed E-state index contributed by atoms with van der Waals surface area (Å²) in [7, 11) is 1.62. The first-order valence-corrected chi connectivity index (χ1v) is 6.48. The van der Waals surface area contributed by atoms with Crippen LogP contribution in [0.1, 0.15) is 22.5 Å². The Morgan fingerprint density at radius 2 is 2.25 bits per heavy atom. The van der Waals surface area contributed by atoms with Gasteiger partial charge in [-0.25, -0.2) is 0 Å². The van der Waals surface area contributed by atoms with Crippen molar-refractivity contribution in [3.8, 4) is 5.75 Å². The van der Waals surface area contributed by atoms with Crippen molar-refractivity contribution in [1.29, 1.82) is 0 Å². The summed E-state index contributed by atoms with van der Waals surface area (Å²) < 4.78 is 10.5. The molecule has 0 aliphatic heterocycles.